The second-order valence-electron chi connectivity index (χ2n) is 1.40. The molecule has 1 heterocycles. The maximum Gasteiger partial charge on any atom is 0.0525 e. The average Bonchev–Trinajstić information content (AvgIpc) is 1.69. The summed E-state index contributed by atoms with van der Waals surface area (Å²) in [6.07, 6.45) is 4.26. The molecule has 36 valence electrons. The van der Waals surface area contributed by atoms with E-state index in [9.17, 15) is 0 Å². The number of nitrogens with zero attached hydrogens (tertiary/aromatic N) is 2. The minimum Gasteiger partial charge on any atom is -0.163 e. The maximum atomic E-state index is 3.67. The summed E-state index contributed by atoms with van der Waals surface area (Å²) in [6.45, 7) is 3.67. The van der Waals surface area contributed by atoms with Crippen molar-refractivity contribution in [1.29, 1.82) is 0 Å². The average molecular weight is 94.1 g/mol. The molecule has 0 fully saturated rings. The van der Waals surface area contributed by atoms with E-state index in [0.29, 0.717) is 0 Å². The molecule has 2 heteroatoms. The summed E-state index contributed by atoms with van der Waals surface area (Å²) in [6, 6.07) is 0. The van der Waals surface area contributed by atoms with Gasteiger partial charge >= 0.3 is 0 Å². The highest BCUT2D eigenvalue weighted by Gasteiger charge is 1.87. The summed E-state index contributed by atoms with van der Waals surface area (Å²) in [5.41, 5.74) is 1.02. The van der Waals surface area contributed by atoms with Gasteiger partial charge in [0.2, 0.25) is 0 Å². The highest BCUT2D eigenvalue weighted by Crippen LogP contribution is 1.94. The van der Waals surface area contributed by atoms with E-state index in [-0.39, 0.29) is 0 Å². The van der Waals surface area contributed by atoms with Crippen LogP contribution >= 0.6 is 0 Å². The molecule has 0 aromatic carbocycles. The van der Waals surface area contributed by atoms with E-state index in [1.165, 1.54) is 0 Å². The van der Waals surface area contributed by atoms with Crippen molar-refractivity contribution in [3.05, 3.63) is 12.2 Å². The van der Waals surface area contributed by atoms with E-state index in [2.05, 4.69) is 16.8 Å². The molecule has 0 N–H and O–H groups in total. The Morgan fingerprint density at radius 2 is 2.43 bits per heavy atom. The van der Waals surface area contributed by atoms with Crippen molar-refractivity contribution in [3.63, 3.8) is 0 Å². The fraction of sp³-hybridized carbons (Fsp3) is 0.200. The second-order valence-corrected chi connectivity index (χ2v) is 1.40. The Bertz CT molecular complexity index is 133. The fourth-order valence-electron chi connectivity index (χ4n) is 0.373. The van der Waals surface area contributed by atoms with Crippen LogP contribution in [0.25, 0.3) is 0 Å². The van der Waals surface area contributed by atoms with Gasteiger partial charge in [-0.05, 0) is 5.57 Å². The van der Waals surface area contributed by atoms with Crippen molar-refractivity contribution in [2.75, 3.05) is 0 Å². The molecular formula is C5H6N2. The summed E-state index contributed by atoms with van der Waals surface area (Å²) in [4.78, 5) is 0. The van der Waals surface area contributed by atoms with Gasteiger partial charge in [0.25, 0.3) is 0 Å². The highest BCUT2D eigenvalue weighted by molar-refractivity contribution is 5.85. The molecule has 0 spiro atoms. The topological polar surface area (TPSA) is 24.7 Å². The normalized spacial score (nSPS) is 18.0. The first-order valence-electron chi connectivity index (χ1n) is 2.12. The molecule has 2 nitrogen and oxygen atoms in total. The van der Waals surface area contributed by atoms with Crippen LogP contribution in [0.2, 0.25) is 0 Å². The van der Waals surface area contributed by atoms with Crippen molar-refractivity contribution in [2.45, 2.75) is 6.42 Å². The Labute approximate surface area is 42.3 Å². The Hall–Kier alpha value is -0.920. The molecule has 7 heavy (non-hydrogen) atoms. The fourth-order valence-corrected chi connectivity index (χ4v) is 0.373. The van der Waals surface area contributed by atoms with Crippen molar-refractivity contribution < 1.29 is 0 Å². The zero-order chi connectivity index (χ0) is 5.11. The summed E-state index contributed by atoms with van der Waals surface area (Å²) < 4.78 is 0. The quantitative estimate of drug-likeness (QED) is 0.428. The molecule has 1 aliphatic heterocycles. The first-order valence-corrected chi connectivity index (χ1v) is 2.12. The molecule has 0 atom stereocenters. The zero-order valence-corrected chi connectivity index (χ0v) is 3.96. The van der Waals surface area contributed by atoms with E-state index in [4.69, 9.17) is 0 Å². The van der Waals surface area contributed by atoms with Crippen LogP contribution in [0.3, 0.4) is 0 Å². The summed E-state index contributed by atoms with van der Waals surface area (Å²) in [5.74, 6) is 0. The summed E-state index contributed by atoms with van der Waals surface area (Å²) in [7, 11) is 0. The molecule has 0 unspecified atom stereocenters. The lowest BCUT2D eigenvalue weighted by Gasteiger charge is -1.92. The lowest BCUT2D eigenvalue weighted by atomic mass is 10.2. The van der Waals surface area contributed by atoms with Crippen molar-refractivity contribution in [2.24, 2.45) is 10.2 Å². The minimum atomic E-state index is 0.851. The highest BCUT2D eigenvalue weighted by atomic mass is 15.2. The minimum absolute atomic E-state index is 0.851. The van der Waals surface area contributed by atoms with Gasteiger partial charge in [0.15, 0.2) is 0 Å². The standard InChI is InChI=1S/C5H6N2/c1-5-2-3-6-7-4-5/h3-4H,1-2H2. The third-order valence-electron chi connectivity index (χ3n) is 0.742. The van der Waals surface area contributed by atoms with Crippen LogP contribution in [0.1, 0.15) is 6.42 Å². The van der Waals surface area contributed by atoms with Crippen molar-refractivity contribution >= 4 is 12.4 Å². The largest absolute Gasteiger partial charge is 0.163 e. The predicted octanol–water partition coefficient (Wildman–Crippen LogP) is 1.00. The third-order valence-corrected chi connectivity index (χ3v) is 0.742. The Morgan fingerprint density at radius 1 is 1.57 bits per heavy atom. The van der Waals surface area contributed by atoms with Crippen LogP contribution < -0.4 is 0 Å². The Kier molecular flexibility index (Phi) is 1.02. The lowest BCUT2D eigenvalue weighted by molar-refractivity contribution is 1.20. The zero-order valence-electron chi connectivity index (χ0n) is 3.96. The number of rotatable bonds is 0. The van der Waals surface area contributed by atoms with Gasteiger partial charge in [0.1, 0.15) is 0 Å². The lowest BCUT2D eigenvalue weighted by Crippen LogP contribution is -1.87. The smallest absolute Gasteiger partial charge is 0.0525 e. The maximum absolute atomic E-state index is 3.67. The molecule has 0 aromatic heterocycles. The van der Waals surface area contributed by atoms with E-state index in [1.807, 2.05) is 0 Å². The van der Waals surface area contributed by atoms with E-state index in [1.54, 1.807) is 12.4 Å². The van der Waals surface area contributed by atoms with Gasteiger partial charge < -0.3 is 0 Å². The molecule has 0 aliphatic carbocycles. The Balaban J connectivity index is 2.66. The molecule has 0 aromatic rings. The van der Waals surface area contributed by atoms with Gasteiger partial charge in [-0.2, -0.15) is 10.2 Å². The van der Waals surface area contributed by atoms with Crippen LogP contribution in [0, 0.1) is 0 Å². The van der Waals surface area contributed by atoms with E-state index in [0.717, 1.165) is 12.0 Å². The van der Waals surface area contributed by atoms with Crippen LogP contribution in [0.15, 0.2) is 22.4 Å². The van der Waals surface area contributed by atoms with Gasteiger partial charge in [-0.1, -0.05) is 6.58 Å². The van der Waals surface area contributed by atoms with Gasteiger partial charge in [-0.15, -0.1) is 0 Å². The van der Waals surface area contributed by atoms with Crippen LogP contribution in [-0.2, 0) is 0 Å². The molecule has 0 amide bonds. The van der Waals surface area contributed by atoms with Crippen LogP contribution in [-0.4, -0.2) is 12.4 Å². The van der Waals surface area contributed by atoms with E-state index >= 15 is 0 Å². The molecule has 0 bridgehead atoms. The Morgan fingerprint density at radius 3 is 2.71 bits per heavy atom. The number of hydrogen-bond acceptors (Lipinski definition) is 2. The molecule has 1 aliphatic rings. The van der Waals surface area contributed by atoms with Crippen molar-refractivity contribution in [1.82, 2.24) is 0 Å². The van der Waals surface area contributed by atoms with Gasteiger partial charge in [-0.3, -0.25) is 0 Å². The molecule has 0 saturated carbocycles. The number of allylic oxidation sites excluding steroid dienone is 1. The molecular weight excluding hydrogens is 88.1 g/mol. The van der Waals surface area contributed by atoms with Gasteiger partial charge in [-0.25, -0.2) is 0 Å². The van der Waals surface area contributed by atoms with E-state index < -0.39 is 0 Å². The molecule has 1 rings (SSSR count). The summed E-state index contributed by atoms with van der Waals surface area (Å²) >= 11 is 0. The van der Waals surface area contributed by atoms with Crippen LogP contribution in [0.5, 0.6) is 0 Å². The second kappa shape index (κ2) is 1.69. The molecule has 0 radical (unpaired) electrons. The SMILES string of the molecule is C=C1C=NN=CC1. The monoisotopic (exact) mass is 94.1 g/mol. The third kappa shape index (κ3) is 0.961. The summed E-state index contributed by atoms with van der Waals surface area (Å²) in [5, 5.41) is 7.21. The van der Waals surface area contributed by atoms with Gasteiger partial charge in [0, 0.05) is 12.6 Å². The molecule has 0 saturated heterocycles. The van der Waals surface area contributed by atoms with Crippen LogP contribution in [0.4, 0.5) is 0 Å². The first kappa shape index (κ1) is 4.24. The first-order chi connectivity index (χ1) is 3.39. The number of hydrogen-bond donors (Lipinski definition) is 0. The predicted molar refractivity (Wildman–Crippen MR) is 30.7 cm³/mol. The van der Waals surface area contributed by atoms with Crippen molar-refractivity contribution in [3.8, 4) is 0 Å². The van der Waals surface area contributed by atoms with Gasteiger partial charge in [0.05, 0.1) is 6.21 Å².